The molecule has 0 spiro atoms. The van der Waals surface area contributed by atoms with Gasteiger partial charge in [-0.3, -0.25) is 4.79 Å². The number of rotatable bonds is 3. The lowest BCUT2D eigenvalue weighted by Gasteiger charge is -2.14. The molecule has 24 heavy (non-hydrogen) atoms. The van der Waals surface area contributed by atoms with Gasteiger partial charge in [-0.2, -0.15) is 0 Å². The van der Waals surface area contributed by atoms with Crippen LogP contribution in [0.4, 0.5) is 0 Å². The van der Waals surface area contributed by atoms with Crippen LogP contribution in [0.25, 0.3) is 5.69 Å². The van der Waals surface area contributed by atoms with Gasteiger partial charge in [0.15, 0.2) is 0 Å². The van der Waals surface area contributed by atoms with Gasteiger partial charge in [0.1, 0.15) is 5.82 Å². The topological polar surface area (TPSA) is 77.0 Å². The van der Waals surface area contributed by atoms with Crippen LogP contribution in [0.5, 0.6) is 0 Å². The second-order valence-corrected chi connectivity index (χ2v) is 6.41. The summed E-state index contributed by atoms with van der Waals surface area (Å²) in [6, 6.07) is 8.15. The van der Waals surface area contributed by atoms with Crippen molar-refractivity contribution in [3.05, 3.63) is 41.5 Å². The van der Waals surface area contributed by atoms with Crippen LogP contribution >= 0.6 is 12.4 Å². The average Bonchev–Trinajstić information content (AvgIpc) is 3.12. The Morgan fingerprint density at radius 3 is 2.67 bits per heavy atom. The molecule has 1 amide bonds. The summed E-state index contributed by atoms with van der Waals surface area (Å²) in [5.41, 5.74) is 8.04. The molecule has 1 aromatic heterocycles. The number of hydrogen-bond donors (Lipinski definition) is 1. The number of hydrogen-bond acceptors (Lipinski definition) is 4. The number of likely N-dealkylation sites (tertiary alicyclic amines) is 1. The molecule has 1 aliphatic heterocycles. The van der Waals surface area contributed by atoms with E-state index >= 15 is 0 Å². The van der Waals surface area contributed by atoms with Crippen molar-refractivity contribution in [3.8, 4) is 5.69 Å². The molecule has 130 valence electrons. The second-order valence-electron chi connectivity index (χ2n) is 6.41. The average molecular weight is 350 g/mol. The van der Waals surface area contributed by atoms with Crippen LogP contribution in [0.1, 0.15) is 48.2 Å². The lowest BCUT2D eigenvalue weighted by molar-refractivity contribution is 0.0779. The highest BCUT2D eigenvalue weighted by molar-refractivity contribution is 5.90. The van der Waals surface area contributed by atoms with Gasteiger partial charge in [0.25, 0.3) is 5.91 Å². The summed E-state index contributed by atoms with van der Waals surface area (Å²) < 4.78 is 1.76. The Hall–Kier alpha value is -1.92. The van der Waals surface area contributed by atoms with Gasteiger partial charge >= 0.3 is 0 Å². The fraction of sp³-hybridized carbons (Fsp3) is 0.471. The number of nitrogens with zero attached hydrogens (tertiary/aromatic N) is 4. The van der Waals surface area contributed by atoms with E-state index in [-0.39, 0.29) is 30.2 Å². The second kappa shape index (κ2) is 7.32. The van der Waals surface area contributed by atoms with Crippen molar-refractivity contribution in [1.29, 1.82) is 0 Å². The molecule has 1 saturated heterocycles. The van der Waals surface area contributed by atoms with Crippen molar-refractivity contribution in [2.75, 3.05) is 13.1 Å². The van der Waals surface area contributed by atoms with Crippen molar-refractivity contribution in [1.82, 2.24) is 19.7 Å². The van der Waals surface area contributed by atoms with E-state index < -0.39 is 0 Å². The standard InChI is InChI=1S/C17H23N5O.ClH/c1-11(2)14-6-4-5-7-15(14)22-12(3)19-16(20-22)17(23)21-9-8-13(18)10-21;/h4-7,11,13H,8-10,18H2,1-3H3;1H/t13-;/m1./s1. The molecule has 0 bridgehead atoms. The molecule has 2 N–H and O–H groups in total. The number of amides is 1. The maximum Gasteiger partial charge on any atom is 0.293 e. The molecule has 6 nitrogen and oxygen atoms in total. The Bertz CT molecular complexity index is 728. The first-order valence-corrected chi connectivity index (χ1v) is 8.05. The van der Waals surface area contributed by atoms with Crippen molar-refractivity contribution in [2.45, 2.75) is 39.2 Å². The predicted octanol–water partition coefficient (Wildman–Crippen LogP) is 2.29. The van der Waals surface area contributed by atoms with Crippen LogP contribution in [0.15, 0.2) is 24.3 Å². The molecule has 3 rings (SSSR count). The zero-order chi connectivity index (χ0) is 16.6. The highest BCUT2D eigenvalue weighted by atomic mass is 35.5. The number of nitrogens with two attached hydrogens (primary N) is 1. The van der Waals surface area contributed by atoms with Crippen LogP contribution in [-0.2, 0) is 0 Å². The molecule has 1 aromatic carbocycles. The Labute approximate surface area is 148 Å². The lowest BCUT2D eigenvalue weighted by atomic mass is 10.0. The first kappa shape index (κ1) is 18.4. The minimum Gasteiger partial charge on any atom is -0.334 e. The first-order valence-electron chi connectivity index (χ1n) is 8.05. The quantitative estimate of drug-likeness (QED) is 0.922. The number of para-hydroxylation sites is 1. The van der Waals surface area contributed by atoms with Crippen molar-refractivity contribution >= 4 is 18.3 Å². The molecule has 7 heteroatoms. The maximum atomic E-state index is 12.5. The number of carbonyl (C=O) groups is 1. The number of aromatic nitrogens is 3. The number of carbonyl (C=O) groups excluding carboxylic acids is 1. The largest absolute Gasteiger partial charge is 0.334 e. The predicted molar refractivity (Wildman–Crippen MR) is 95.9 cm³/mol. The lowest BCUT2D eigenvalue weighted by Crippen LogP contribution is -2.32. The van der Waals surface area contributed by atoms with Gasteiger partial charge in [-0.25, -0.2) is 9.67 Å². The molecule has 0 unspecified atom stereocenters. The van der Waals surface area contributed by atoms with Crippen LogP contribution in [0.3, 0.4) is 0 Å². The van der Waals surface area contributed by atoms with Crippen molar-refractivity contribution in [2.24, 2.45) is 5.73 Å². The zero-order valence-corrected chi connectivity index (χ0v) is 15.1. The maximum absolute atomic E-state index is 12.5. The number of benzene rings is 1. The van der Waals surface area contributed by atoms with E-state index in [1.54, 1.807) is 9.58 Å². The minimum absolute atomic E-state index is 0. The van der Waals surface area contributed by atoms with E-state index in [4.69, 9.17) is 5.73 Å². The highest BCUT2D eigenvalue weighted by Gasteiger charge is 2.28. The summed E-state index contributed by atoms with van der Waals surface area (Å²) in [7, 11) is 0. The molecule has 0 aliphatic carbocycles. The third-order valence-corrected chi connectivity index (χ3v) is 4.26. The summed E-state index contributed by atoms with van der Waals surface area (Å²) in [6.07, 6.45) is 0.835. The fourth-order valence-electron chi connectivity index (χ4n) is 2.99. The van der Waals surface area contributed by atoms with E-state index in [1.165, 1.54) is 5.56 Å². The fourth-order valence-corrected chi connectivity index (χ4v) is 2.99. The molecular weight excluding hydrogens is 326 g/mol. The Kier molecular flexibility index (Phi) is 5.62. The van der Waals surface area contributed by atoms with Gasteiger partial charge in [0.05, 0.1) is 5.69 Å². The number of halogens is 1. The summed E-state index contributed by atoms with van der Waals surface area (Å²) in [5.74, 6) is 1.19. The highest BCUT2D eigenvalue weighted by Crippen LogP contribution is 2.23. The third kappa shape index (κ3) is 3.44. The summed E-state index contributed by atoms with van der Waals surface area (Å²) in [6.45, 7) is 7.41. The Morgan fingerprint density at radius 1 is 1.33 bits per heavy atom. The molecule has 2 aromatic rings. The SMILES string of the molecule is Cc1nc(C(=O)N2CC[C@@H](N)C2)nn1-c1ccccc1C(C)C.Cl. The van der Waals surface area contributed by atoms with Crippen LogP contribution in [0.2, 0.25) is 0 Å². The molecule has 1 atom stereocenters. The van der Waals surface area contributed by atoms with E-state index in [2.05, 4.69) is 30.0 Å². The zero-order valence-electron chi connectivity index (χ0n) is 14.3. The summed E-state index contributed by atoms with van der Waals surface area (Å²) >= 11 is 0. The van der Waals surface area contributed by atoms with E-state index in [0.29, 0.717) is 24.8 Å². The van der Waals surface area contributed by atoms with Crippen LogP contribution in [0, 0.1) is 6.92 Å². The van der Waals surface area contributed by atoms with Crippen LogP contribution < -0.4 is 5.73 Å². The van der Waals surface area contributed by atoms with E-state index in [9.17, 15) is 4.79 Å². The Morgan fingerprint density at radius 2 is 2.04 bits per heavy atom. The van der Waals surface area contributed by atoms with Gasteiger partial charge < -0.3 is 10.6 Å². The molecular formula is C17H24ClN5O. The molecule has 2 heterocycles. The molecule has 1 aliphatic rings. The molecule has 0 saturated carbocycles. The van der Waals surface area contributed by atoms with Gasteiger partial charge in [-0.1, -0.05) is 32.0 Å². The minimum atomic E-state index is -0.137. The van der Waals surface area contributed by atoms with E-state index in [0.717, 1.165) is 12.1 Å². The van der Waals surface area contributed by atoms with Gasteiger partial charge in [-0.15, -0.1) is 17.5 Å². The van der Waals surface area contributed by atoms with Gasteiger partial charge in [0.2, 0.25) is 5.82 Å². The third-order valence-electron chi connectivity index (χ3n) is 4.26. The Balaban J connectivity index is 0.00000208. The smallest absolute Gasteiger partial charge is 0.293 e. The van der Waals surface area contributed by atoms with E-state index in [1.807, 2.05) is 25.1 Å². The monoisotopic (exact) mass is 349 g/mol. The van der Waals surface area contributed by atoms with Crippen molar-refractivity contribution in [3.63, 3.8) is 0 Å². The first-order chi connectivity index (χ1) is 11.0. The molecule has 0 radical (unpaired) electrons. The normalized spacial score (nSPS) is 17.2. The number of aryl methyl sites for hydroxylation is 1. The van der Waals surface area contributed by atoms with Crippen LogP contribution in [-0.4, -0.2) is 44.7 Å². The van der Waals surface area contributed by atoms with Gasteiger partial charge in [0, 0.05) is 19.1 Å². The summed E-state index contributed by atoms with van der Waals surface area (Å²) in [5, 5.41) is 4.47. The van der Waals surface area contributed by atoms with Gasteiger partial charge in [-0.05, 0) is 30.9 Å². The van der Waals surface area contributed by atoms with Crippen molar-refractivity contribution < 1.29 is 4.79 Å². The summed E-state index contributed by atoms with van der Waals surface area (Å²) in [4.78, 5) is 18.7. The molecule has 1 fully saturated rings.